The molecule has 5 heteroatoms. The molecule has 1 amide bonds. The van der Waals surface area contributed by atoms with E-state index in [2.05, 4.69) is 5.32 Å². The molecule has 1 aromatic rings. The van der Waals surface area contributed by atoms with E-state index in [0.29, 0.717) is 17.1 Å². The van der Waals surface area contributed by atoms with Gasteiger partial charge in [0.15, 0.2) is 0 Å². The minimum absolute atomic E-state index is 0.429. The first-order valence-electron chi connectivity index (χ1n) is 5.43. The Bertz CT molecular complexity index is 383. The van der Waals surface area contributed by atoms with Crippen molar-refractivity contribution in [2.24, 2.45) is 5.73 Å². The second-order valence-corrected chi connectivity index (χ2v) is 4.10. The molecule has 0 atom stereocenters. The van der Waals surface area contributed by atoms with Crippen LogP contribution in [0.25, 0.3) is 0 Å². The molecule has 0 saturated carbocycles. The first kappa shape index (κ1) is 14.0. The SMILES string of the molecule is COCCCNCc1ccc(C(N)=O)cc1Cl. The highest BCUT2D eigenvalue weighted by atomic mass is 35.5. The third-order valence-corrected chi connectivity index (χ3v) is 2.71. The van der Waals surface area contributed by atoms with Crippen LogP contribution >= 0.6 is 11.6 Å². The van der Waals surface area contributed by atoms with Crippen molar-refractivity contribution in [1.29, 1.82) is 0 Å². The maximum Gasteiger partial charge on any atom is 0.248 e. The summed E-state index contributed by atoms with van der Waals surface area (Å²) in [5.74, 6) is -0.466. The van der Waals surface area contributed by atoms with Gasteiger partial charge in [0.25, 0.3) is 0 Å². The Labute approximate surface area is 106 Å². The smallest absolute Gasteiger partial charge is 0.248 e. The lowest BCUT2D eigenvalue weighted by Gasteiger charge is -2.07. The van der Waals surface area contributed by atoms with Crippen molar-refractivity contribution >= 4 is 17.5 Å². The summed E-state index contributed by atoms with van der Waals surface area (Å²) in [5.41, 5.74) is 6.54. The fraction of sp³-hybridized carbons (Fsp3) is 0.417. The van der Waals surface area contributed by atoms with Gasteiger partial charge in [0.1, 0.15) is 0 Å². The van der Waals surface area contributed by atoms with Gasteiger partial charge in [0.2, 0.25) is 5.91 Å². The Balaban J connectivity index is 2.46. The standard InChI is InChI=1S/C12H17ClN2O2/c1-17-6-2-5-15-8-10-4-3-9(12(14)16)7-11(10)13/h3-4,7,15H,2,5-6,8H2,1H3,(H2,14,16). The van der Waals surface area contributed by atoms with Gasteiger partial charge < -0.3 is 15.8 Å². The Hall–Kier alpha value is -1.10. The predicted molar refractivity (Wildman–Crippen MR) is 68.2 cm³/mol. The maximum atomic E-state index is 10.9. The molecule has 3 N–H and O–H groups in total. The van der Waals surface area contributed by atoms with Gasteiger partial charge in [-0.15, -0.1) is 0 Å². The molecular formula is C12H17ClN2O2. The number of hydrogen-bond donors (Lipinski definition) is 2. The van der Waals surface area contributed by atoms with E-state index in [-0.39, 0.29) is 0 Å². The molecular weight excluding hydrogens is 240 g/mol. The number of nitrogens with two attached hydrogens (primary N) is 1. The van der Waals surface area contributed by atoms with Gasteiger partial charge in [0.05, 0.1) is 0 Å². The van der Waals surface area contributed by atoms with Crippen LogP contribution in [-0.2, 0) is 11.3 Å². The van der Waals surface area contributed by atoms with Gasteiger partial charge in [-0.05, 0) is 30.7 Å². The molecule has 94 valence electrons. The molecule has 0 saturated heterocycles. The summed E-state index contributed by atoms with van der Waals surface area (Å²) in [4.78, 5) is 10.9. The van der Waals surface area contributed by atoms with Crippen LogP contribution in [-0.4, -0.2) is 26.2 Å². The van der Waals surface area contributed by atoms with Crippen LogP contribution < -0.4 is 11.1 Å². The van der Waals surface area contributed by atoms with Crippen molar-refractivity contribution in [3.8, 4) is 0 Å². The van der Waals surface area contributed by atoms with Crippen LogP contribution in [0, 0.1) is 0 Å². The molecule has 4 nitrogen and oxygen atoms in total. The number of carbonyl (C=O) groups excluding carboxylic acids is 1. The van der Waals surface area contributed by atoms with Crippen LogP contribution in [0.5, 0.6) is 0 Å². The van der Waals surface area contributed by atoms with E-state index in [4.69, 9.17) is 22.1 Å². The van der Waals surface area contributed by atoms with E-state index in [1.807, 2.05) is 6.07 Å². The molecule has 0 spiro atoms. The van der Waals surface area contributed by atoms with Crippen LogP contribution in [0.15, 0.2) is 18.2 Å². The zero-order valence-corrected chi connectivity index (χ0v) is 10.6. The Morgan fingerprint density at radius 3 is 2.88 bits per heavy atom. The van der Waals surface area contributed by atoms with E-state index >= 15 is 0 Å². The quantitative estimate of drug-likeness (QED) is 0.728. The van der Waals surface area contributed by atoms with Crippen molar-refractivity contribution in [2.45, 2.75) is 13.0 Å². The summed E-state index contributed by atoms with van der Waals surface area (Å²) in [6, 6.07) is 5.09. The third kappa shape index (κ3) is 4.73. The number of carbonyl (C=O) groups is 1. The zero-order valence-electron chi connectivity index (χ0n) is 9.83. The Kier molecular flexibility index (Phi) is 5.97. The summed E-state index contributed by atoms with van der Waals surface area (Å²) >= 11 is 6.04. The summed E-state index contributed by atoms with van der Waals surface area (Å²) in [5, 5.41) is 3.80. The molecule has 0 aliphatic rings. The molecule has 0 aliphatic heterocycles. The molecule has 0 radical (unpaired) electrons. The molecule has 0 heterocycles. The van der Waals surface area contributed by atoms with E-state index in [1.54, 1.807) is 19.2 Å². The average Bonchev–Trinajstić information content (AvgIpc) is 2.30. The molecule has 17 heavy (non-hydrogen) atoms. The van der Waals surface area contributed by atoms with Gasteiger partial charge in [-0.1, -0.05) is 17.7 Å². The van der Waals surface area contributed by atoms with Crippen LogP contribution in [0.4, 0.5) is 0 Å². The van der Waals surface area contributed by atoms with Crippen molar-refractivity contribution in [3.63, 3.8) is 0 Å². The predicted octanol–water partition coefficient (Wildman–Crippen LogP) is 1.56. The number of benzene rings is 1. The van der Waals surface area contributed by atoms with Gasteiger partial charge in [-0.25, -0.2) is 0 Å². The molecule has 0 aliphatic carbocycles. The summed E-state index contributed by atoms with van der Waals surface area (Å²) in [6.07, 6.45) is 0.952. The number of halogens is 1. The number of hydrogen-bond acceptors (Lipinski definition) is 3. The number of nitrogens with one attached hydrogen (secondary N) is 1. The van der Waals surface area contributed by atoms with E-state index < -0.39 is 5.91 Å². The van der Waals surface area contributed by atoms with Crippen molar-refractivity contribution in [2.75, 3.05) is 20.3 Å². The van der Waals surface area contributed by atoms with E-state index in [0.717, 1.165) is 25.1 Å². The monoisotopic (exact) mass is 256 g/mol. The fourth-order valence-electron chi connectivity index (χ4n) is 1.41. The maximum absolute atomic E-state index is 10.9. The second kappa shape index (κ2) is 7.27. The largest absolute Gasteiger partial charge is 0.385 e. The number of methoxy groups -OCH3 is 1. The van der Waals surface area contributed by atoms with Crippen LogP contribution in [0.1, 0.15) is 22.3 Å². The molecule has 1 rings (SSSR count). The highest BCUT2D eigenvalue weighted by Crippen LogP contribution is 2.17. The normalized spacial score (nSPS) is 10.5. The summed E-state index contributed by atoms with van der Waals surface area (Å²) < 4.78 is 4.94. The minimum atomic E-state index is -0.466. The lowest BCUT2D eigenvalue weighted by Crippen LogP contribution is -2.17. The molecule has 0 bridgehead atoms. The van der Waals surface area contributed by atoms with Gasteiger partial charge in [0, 0.05) is 30.8 Å². The third-order valence-electron chi connectivity index (χ3n) is 2.36. The van der Waals surface area contributed by atoms with Gasteiger partial charge in [-0.3, -0.25) is 4.79 Å². The molecule has 1 aromatic carbocycles. The topological polar surface area (TPSA) is 64.3 Å². The number of rotatable bonds is 7. The van der Waals surface area contributed by atoms with Crippen molar-refractivity contribution < 1.29 is 9.53 Å². The van der Waals surface area contributed by atoms with Gasteiger partial charge in [-0.2, -0.15) is 0 Å². The molecule has 0 fully saturated rings. The lowest BCUT2D eigenvalue weighted by molar-refractivity contribution is 0.100. The van der Waals surface area contributed by atoms with E-state index in [1.165, 1.54) is 0 Å². The zero-order chi connectivity index (χ0) is 12.7. The minimum Gasteiger partial charge on any atom is -0.385 e. The average molecular weight is 257 g/mol. The van der Waals surface area contributed by atoms with E-state index in [9.17, 15) is 4.79 Å². The number of primary amides is 1. The Morgan fingerprint density at radius 1 is 1.53 bits per heavy atom. The van der Waals surface area contributed by atoms with Crippen molar-refractivity contribution in [3.05, 3.63) is 34.3 Å². The summed E-state index contributed by atoms with van der Waals surface area (Å²) in [6.45, 7) is 2.27. The first-order valence-corrected chi connectivity index (χ1v) is 5.81. The first-order chi connectivity index (χ1) is 8.15. The number of amides is 1. The van der Waals surface area contributed by atoms with Crippen LogP contribution in [0.3, 0.4) is 0 Å². The summed E-state index contributed by atoms with van der Waals surface area (Å²) in [7, 11) is 1.68. The second-order valence-electron chi connectivity index (χ2n) is 3.69. The Morgan fingerprint density at radius 2 is 2.29 bits per heavy atom. The molecule has 0 unspecified atom stereocenters. The number of ether oxygens (including phenoxy) is 1. The van der Waals surface area contributed by atoms with Crippen molar-refractivity contribution in [1.82, 2.24) is 5.32 Å². The molecule has 0 aromatic heterocycles. The lowest BCUT2D eigenvalue weighted by atomic mass is 10.1. The highest BCUT2D eigenvalue weighted by Gasteiger charge is 2.05. The fourth-order valence-corrected chi connectivity index (χ4v) is 1.66. The highest BCUT2D eigenvalue weighted by molar-refractivity contribution is 6.31. The van der Waals surface area contributed by atoms with Crippen LogP contribution in [0.2, 0.25) is 5.02 Å². The van der Waals surface area contributed by atoms with Gasteiger partial charge >= 0.3 is 0 Å².